The van der Waals surface area contributed by atoms with Crippen LogP contribution >= 0.6 is 27.5 Å². The standard InChI is InChI=1S/C15H20BrClN2O/c1-18-9-14-15(12-5-2-10(16)8-13(12)17)19(6-7-20-14)11-3-4-11/h2,5,8,11,14-15,18H,3-4,6-7,9H2,1H3. The second-order valence-corrected chi connectivity index (χ2v) is 6.87. The predicted molar refractivity (Wildman–Crippen MR) is 85.3 cm³/mol. The Hall–Kier alpha value is -0.130. The molecule has 3 nitrogen and oxygen atoms in total. The maximum absolute atomic E-state index is 6.49. The minimum atomic E-state index is 0.160. The van der Waals surface area contributed by atoms with Crippen LogP contribution in [-0.2, 0) is 4.74 Å². The van der Waals surface area contributed by atoms with Crippen LogP contribution in [0.5, 0.6) is 0 Å². The number of hydrogen-bond donors (Lipinski definition) is 1. The molecule has 1 heterocycles. The van der Waals surface area contributed by atoms with E-state index in [1.165, 1.54) is 18.4 Å². The van der Waals surface area contributed by atoms with Crippen LogP contribution < -0.4 is 5.32 Å². The van der Waals surface area contributed by atoms with Gasteiger partial charge in [0.1, 0.15) is 0 Å². The molecule has 0 bridgehead atoms. The number of benzene rings is 1. The minimum Gasteiger partial charge on any atom is -0.374 e. The molecule has 110 valence electrons. The summed E-state index contributed by atoms with van der Waals surface area (Å²) < 4.78 is 7.02. The van der Waals surface area contributed by atoms with Gasteiger partial charge in [-0.2, -0.15) is 0 Å². The Balaban J connectivity index is 1.93. The summed E-state index contributed by atoms with van der Waals surface area (Å²) in [6.45, 7) is 2.66. The zero-order chi connectivity index (χ0) is 14.1. The molecule has 1 saturated heterocycles. The van der Waals surface area contributed by atoms with Gasteiger partial charge in [-0.05, 0) is 37.6 Å². The fourth-order valence-corrected chi connectivity index (χ4v) is 3.85. The largest absolute Gasteiger partial charge is 0.374 e. The van der Waals surface area contributed by atoms with E-state index in [-0.39, 0.29) is 12.1 Å². The van der Waals surface area contributed by atoms with Gasteiger partial charge in [0.25, 0.3) is 0 Å². The fourth-order valence-electron chi connectivity index (χ4n) is 3.06. The van der Waals surface area contributed by atoms with E-state index in [1.54, 1.807) is 0 Å². The molecule has 1 saturated carbocycles. The van der Waals surface area contributed by atoms with Crippen molar-refractivity contribution >= 4 is 27.5 Å². The van der Waals surface area contributed by atoms with E-state index < -0.39 is 0 Å². The lowest BCUT2D eigenvalue weighted by Crippen LogP contribution is -2.49. The Morgan fingerprint density at radius 1 is 1.45 bits per heavy atom. The number of ether oxygens (including phenoxy) is 1. The average molecular weight is 360 g/mol. The molecule has 2 aliphatic rings. The molecule has 0 amide bonds. The minimum absolute atomic E-state index is 0.160. The monoisotopic (exact) mass is 358 g/mol. The summed E-state index contributed by atoms with van der Waals surface area (Å²) in [7, 11) is 1.97. The van der Waals surface area contributed by atoms with Crippen molar-refractivity contribution in [3.63, 3.8) is 0 Å². The molecule has 2 atom stereocenters. The normalized spacial score (nSPS) is 27.8. The lowest BCUT2D eigenvalue weighted by atomic mass is 9.97. The van der Waals surface area contributed by atoms with Crippen molar-refractivity contribution in [3.8, 4) is 0 Å². The number of halogens is 2. The van der Waals surface area contributed by atoms with Crippen molar-refractivity contribution in [2.45, 2.75) is 31.0 Å². The van der Waals surface area contributed by atoms with Crippen molar-refractivity contribution in [2.75, 3.05) is 26.7 Å². The van der Waals surface area contributed by atoms with Gasteiger partial charge >= 0.3 is 0 Å². The molecular formula is C15H20BrClN2O. The second-order valence-electron chi connectivity index (χ2n) is 5.55. The Labute approximate surface area is 133 Å². The van der Waals surface area contributed by atoms with E-state index in [4.69, 9.17) is 16.3 Å². The smallest absolute Gasteiger partial charge is 0.0897 e. The zero-order valence-electron chi connectivity index (χ0n) is 11.6. The molecule has 0 spiro atoms. The maximum Gasteiger partial charge on any atom is 0.0897 e. The highest BCUT2D eigenvalue weighted by atomic mass is 79.9. The Kier molecular flexibility index (Phi) is 4.68. The van der Waals surface area contributed by atoms with E-state index >= 15 is 0 Å². The summed E-state index contributed by atoms with van der Waals surface area (Å²) in [4.78, 5) is 2.58. The number of rotatable bonds is 4. The van der Waals surface area contributed by atoms with Gasteiger partial charge in [-0.15, -0.1) is 0 Å². The molecule has 3 rings (SSSR count). The molecule has 2 fully saturated rings. The first-order valence-corrected chi connectivity index (χ1v) is 8.34. The average Bonchev–Trinajstić information content (AvgIpc) is 3.24. The molecule has 2 unspecified atom stereocenters. The molecule has 1 aromatic carbocycles. The summed E-state index contributed by atoms with van der Waals surface area (Å²) >= 11 is 9.97. The third kappa shape index (κ3) is 3.04. The first-order valence-electron chi connectivity index (χ1n) is 7.17. The van der Waals surface area contributed by atoms with Crippen LogP contribution in [0.15, 0.2) is 22.7 Å². The fraction of sp³-hybridized carbons (Fsp3) is 0.600. The van der Waals surface area contributed by atoms with Crippen LogP contribution in [-0.4, -0.2) is 43.8 Å². The predicted octanol–water partition coefficient (Wildman–Crippen LogP) is 3.23. The molecular weight excluding hydrogens is 340 g/mol. The Bertz CT molecular complexity index is 479. The van der Waals surface area contributed by atoms with E-state index in [9.17, 15) is 0 Å². The van der Waals surface area contributed by atoms with Gasteiger partial charge in [0.05, 0.1) is 18.8 Å². The van der Waals surface area contributed by atoms with Crippen molar-refractivity contribution in [1.82, 2.24) is 10.2 Å². The summed E-state index contributed by atoms with van der Waals surface area (Å²) in [6.07, 6.45) is 2.77. The number of likely N-dealkylation sites (N-methyl/N-ethyl adjacent to an activating group) is 1. The van der Waals surface area contributed by atoms with Crippen molar-refractivity contribution in [1.29, 1.82) is 0 Å². The van der Waals surface area contributed by atoms with Crippen LogP contribution in [0.25, 0.3) is 0 Å². The van der Waals surface area contributed by atoms with E-state index in [2.05, 4.69) is 38.3 Å². The summed E-state index contributed by atoms with van der Waals surface area (Å²) in [5.41, 5.74) is 1.18. The first kappa shape index (κ1) is 14.8. The number of hydrogen-bond acceptors (Lipinski definition) is 3. The van der Waals surface area contributed by atoms with Crippen LogP contribution in [0, 0.1) is 0 Å². The summed E-state index contributed by atoms with van der Waals surface area (Å²) in [6, 6.07) is 7.14. The quantitative estimate of drug-likeness (QED) is 0.893. The van der Waals surface area contributed by atoms with Gasteiger partial charge in [-0.25, -0.2) is 0 Å². The zero-order valence-corrected chi connectivity index (χ0v) is 14.0. The SMILES string of the molecule is CNCC1OCCN(C2CC2)C1c1ccc(Br)cc1Cl. The first-order chi connectivity index (χ1) is 9.70. The second kappa shape index (κ2) is 6.32. The van der Waals surface area contributed by atoms with Gasteiger partial charge in [-0.1, -0.05) is 33.6 Å². The van der Waals surface area contributed by atoms with E-state index in [0.29, 0.717) is 6.04 Å². The summed E-state index contributed by atoms with van der Waals surface area (Å²) in [5, 5.41) is 4.06. The van der Waals surface area contributed by atoms with E-state index in [0.717, 1.165) is 29.2 Å². The molecule has 1 aromatic rings. The molecule has 1 N–H and O–H groups in total. The highest BCUT2D eigenvalue weighted by Crippen LogP contribution is 2.41. The molecule has 0 aromatic heterocycles. The molecule has 0 radical (unpaired) electrons. The van der Waals surface area contributed by atoms with Crippen LogP contribution in [0.2, 0.25) is 5.02 Å². The van der Waals surface area contributed by atoms with Crippen LogP contribution in [0.3, 0.4) is 0 Å². The summed E-state index contributed by atoms with van der Waals surface area (Å²) in [5.74, 6) is 0. The van der Waals surface area contributed by atoms with Crippen LogP contribution in [0.1, 0.15) is 24.4 Å². The van der Waals surface area contributed by atoms with Gasteiger partial charge < -0.3 is 10.1 Å². The third-order valence-electron chi connectivity index (χ3n) is 4.09. The highest BCUT2D eigenvalue weighted by Gasteiger charge is 2.41. The van der Waals surface area contributed by atoms with Gasteiger partial charge in [-0.3, -0.25) is 4.90 Å². The number of nitrogens with zero attached hydrogens (tertiary/aromatic N) is 1. The maximum atomic E-state index is 6.49. The van der Waals surface area contributed by atoms with E-state index in [1.807, 2.05) is 13.1 Å². The topological polar surface area (TPSA) is 24.5 Å². The lowest BCUT2D eigenvalue weighted by Gasteiger charge is -2.42. The van der Waals surface area contributed by atoms with Crippen LogP contribution in [0.4, 0.5) is 0 Å². The van der Waals surface area contributed by atoms with Crippen molar-refractivity contribution in [2.24, 2.45) is 0 Å². The van der Waals surface area contributed by atoms with Gasteiger partial charge in [0, 0.05) is 28.6 Å². The van der Waals surface area contributed by atoms with Gasteiger partial charge in [0.2, 0.25) is 0 Å². The lowest BCUT2D eigenvalue weighted by molar-refractivity contribution is -0.0739. The molecule has 20 heavy (non-hydrogen) atoms. The van der Waals surface area contributed by atoms with Crippen molar-refractivity contribution < 1.29 is 4.74 Å². The Morgan fingerprint density at radius 3 is 2.90 bits per heavy atom. The molecule has 1 aliphatic heterocycles. The Morgan fingerprint density at radius 2 is 2.25 bits per heavy atom. The van der Waals surface area contributed by atoms with Gasteiger partial charge in [0.15, 0.2) is 0 Å². The molecule has 5 heteroatoms. The highest BCUT2D eigenvalue weighted by molar-refractivity contribution is 9.10. The number of nitrogens with one attached hydrogen (secondary N) is 1. The number of morpholine rings is 1. The molecule has 1 aliphatic carbocycles. The van der Waals surface area contributed by atoms with Crippen molar-refractivity contribution in [3.05, 3.63) is 33.3 Å². The third-order valence-corrected chi connectivity index (χ3v) is 4.91.